The van der Waals surface area contributed by atoms with Gasteiger partial charge < -0.3 is 9.47 Å². The summed E-state index contributed by atoms with van der Waals surface area (Å²) in [6.07, 6.45) is -6.27. The summed E-state index contributed by atoms with van der Waals surface area (Å²) >= 11 is 0. The fraction of sp³-hybridized carbons (Fsp3) is 0.900. The first kappa shape index (κ1) is 14.2. The molecule has 0 aliphatic carbocycles. The highest BCUT2D eigenvalue weighted by Crippen LogP contribution is 2.24. The second-order valence-corrected chi connectivity index (χ2v) is 4.86. The van der Waals surface area contributed by atoms with E-state index < -0.39 is 36.4 Å². The number of hydrogen-bond acceptors (Lipinski definition) is 4. The molecule has 0 saturated carbocycles. The Morgan fingerprint density at radius 2 is 1.94 bits per heavy atom. The van der Waals surface area contributed by atoms with Crippen molar-refractivity contribution in [2.24, 2.45) is 0 Å². The third-order valence-corrected chi connectivity index (χ3v) is 2.07. The van der Waals surface area contributed by atoms with Crippen molar-refractivity contribution in [1.29, 1.82) is 0 Å². The summed E-state index contributed by atoms with van der Waals surface area (Å²) in [4.78, 5) is 11.5. The molecule has 1 N–H and O–H groups in total. The van der Waals surface area contributed by atoms with E-state index in [0.717, 1.165) is 0 Å². The summed E-state index contributed by atoms with van der Waals surface area (Å²) < 4.78 is 46.4. The Kier molecular flexibility index (Phi) is 4.03. The van der Waals surface area contributed by atoms with E-state index in [9.17, 15) is 18.0 Å². The number of halogens is 3. The smallest absolute Gasteiger partial charge is 0.415 e. The van der Waals surface area contributed by atoms with Crippen LogP contribution in [0.4, 0.5) is 13.2 Å². The van der Waals surface area contributed by atoms with E-state index >= 15 is 0 Å². The summed E-state index contributed by atoms with van der Waals surface area (Å²) in [5.41, 5.74) is -0.667. The second-order valence-electron chi connectivity index (χ2n) is 4.86. The minimum absolute atomic E-state index is 0.334. The van der Waals surface area contributed by atoms with Crippen LogP contribution in [0.25, 0.3) is 0 Å². The van der Waals surface area contributed by atoms with E-state index in [0.29, 0.717) is 0 Å². The summed E-state index contributed by atoms with van der Waals surface area (Å²) in [5.74, 6) is -0.599. The van der Waals surface area contributed by atoms with Crippen LogP contribution in [0.5, 0.6) is 0 Å². The topological polar surface area (TPSA) is 47.6 Å². The SMILES string of the molecule is CC(C)(C)OC(=O)C1COC(C(F)(F)F)CN1. The average molecular weight is 255 g/mol. The van der Waals surface area contributed by atoms with Gasteiger partial charge in [0.1, 0.15) is 11.6 Å². The van der Waals surface area contributed by atoms with Gasteiger partial charge >= 0.3 is 12.1 Å². The highest BCUT2D eigenvalue weighted by molar-refractivity contribution is 5.76. The zero-order valence-corrected chi connectivity index (χ0v) is 9.93. The largest absolute Gasteiger partial charge is 0.459 e. The van der Waals surface area contributed by atoms with Crippen LogP contribution >= 0.6 is 0 Å². The van der Waals surface area contributed by atoms with Crippen LogP contribution in [0, 0.1) is 0 Å². The van der Waals surface area contributed by atoms with E-state index in [1.807, 2.05) is 0 Å². The molecule has 1 aliphatic heterocycles. The van der Waals surface area contributed by atoms with Crippen LogP contribution < -0.4 is 5.32 Å². The Hall–Kier alpha value is -0.820. The number of esters is 1. The molecule has 0 amide bonds. The number of morpholine rings is 1. The Labute approximate surface area is 97.5 Å². The van der Waals surface area contributed by atoms with Gasteiger partial charge in [-0.3, -0.25) is 10.1 Å². The molecular weight excluding hydrogens is 239 g/mol. The molecule has 0 aromatic carbocycles. The molecule has 1 saturated heterocycles. The van der Waals surface area contributed by atoms with Crippen molar-refractivity contribution in [2.45, 2.75) is 44.7 Å². The minimum Gasteiger partial charge on any atom is -0.459 e. The van der Waals surface area contributed by atoms with E-state index in [4.69, 9.17) is 4.74 Å². The highest BCUT2D eigenvalue weighted by atomic mass is 19.4. The third-order valence-electron chi connectivity index (χ3n) is 2.07. The van der Waals surface area contributed by atoms with Gasteiger partial charge in [0.25, 0.3) is 0 Å². The lowest BCUT2D eigenvalue weighted by Crippen LogP contribution is -2.55. The molecule has 1 fully saturated rings. The summed E-state index contributed by atoms with van der Waals surface area (Å²) in [6.45, 7) is 4.29. The van der Waals surface area contributed by atoms with Crippen LogP contribution in [-0.2, 0) is 14.3 Å². The van der Waals surface area contributed by atoms with Crippen LogP contribution in [0.1, 0.15) is 20.8 Å². The van der Waals surface area contributed by atoms with Crippen molar-refractivity contribution < 1.29 is 27.4 Å². The van der Waals surface area contributed by atoms with Crippen molar-refractivity contribution in [3.8, 4) is 0 Å². The molecule has 1 rings (SSSR count). The first-order valence-electron chi connectivity index (χ1n) is 5.24. The summed E-state index contributed by atoms with van der Waals surface area (Å²) in [7, 11) is 0. The lowest BCUT2D eigenvalue weighted by atomic mass is 10.1. The quantitative estimate of drug-likeness (QED) is 0.716. The first-order chi connectivity index (χ1) is 7.59. The third kappa shape index (κ3) is 4.51. The highest BCUT2D eigenvalue weighted by Gasteiger charge is 2.44. The molecule has 0 radical (unpaired) electrons. The van der Waals surface area contributed by atoms with Crippen LogP contribution in [-0.4, -0.2) is 43.0 Å². The summed E-state index contributed by atoms with van der Waals surface area (Å²) in [5, 5.41) is 2.48. The van der Waals surface area contributed by atoms with Crippen LogP contribution in [0.15, 0.2) is 0 Å². The second kappa shape index (κ2) is 4.81. The molecule has 2 atom stereocenters. The van der Waals surface area contributed by atoms with Crippen LogP contribution in [0.2, 0.25) is 0 Å². The summed E-state index contributed by atoms with van der Waals surface area (Å²) in [6, 6.07) is -0.840. The van der Waals surface area contributed by atoms with Gasteiger partial charge in [-0.05, 0) is 20.8 Å². The zero-order valence-electron chi connectivity index (χ0n) is 9.93. The van der Waals surface area contributed by atoms with E-state index in [1.165, 1.54) is 0 Å². The molecule has 2 unspecified atom stereocenters. The first-order valence-corrected chi connectivity index (χ1v) is 5.24. The van der Waals surface area contributed by atoms with Crippen molar-refractivity contribution in [2.75, 3.05) is 13.2 Å². The molecule has 4 nitrogen and oxygen atoms in total. The van der Waals surface area contributed by atoms with Crippen molar-refractivity contribution in [3.63, 3.8) is 0 Å². The lowest BCUT2D eigenvalue weighted by molar-refractivity contribution is -0.231. The maximum absolute atomic E-state index is 12.3. The molecule has 7 heteroatoms. The maximum Gasteiger partial charge on any atom is 0.415 e. The number of ether oxygens (including phenoxy) is 2. The number of hydrogen-bond donors (Lipinski definition) is 1. The number of nitrogens with one attached hydrogen (secondary N) is 1. The number of alkyl halides is 3. The normalized spacial score (nSPS) is 26.7. The Bertz CT molecular complexity index is 278. The van der Waals surface area contributed by atoms with Gasteiger partial charge in [-0.2, -0.15) is 13.2 Å². The molecular formula is C10H16F3NO3. The molecule has 0 spiro atoms. The predicted molar refractivity (Wildman–Crippen MR) is 53.4 cm³/mol. The number of rotatable bonds is 1. The lowest BCUT2D eigenvalue weighted by Gasteiger charge is -2.31. The van der Waals surface area contributed by atoms with Gasteiger partial charge in [0.2, 0.25) is 0 Å². The van der Waals surface area contributed by atoms with Gasteiger partial charge in [-0.25, -0.2) is 0 Å². The predicted octanol–water partition coefficient (Wildman–Crippen LogP) is 1.25. The Morgan fingerprint density at radius 1 is 1.35 bits per heavy atom. The van der Waals surface area contributed by atoms with Gasteiger partial charge in [0, 0.05) is 6.54 Å². The van der Waals surface area contributed by atoms with E-state index in [-0.39, 0.29) is 6.61 Å². The standard InChI is InChI=1S/C10H16F3NO3/c1-9(2,3)17-8(15)6-5-16-7(4-14-6)10(11,12)13/h6-7,14H,4-5H2,1-3H3. The van der Waals surface area contributed by atoms with Gasteiger partial charge in [-0.1, -0.05) is 0 Å². The van der Waals surface area contributed by atoms with Gasteiger partial charge in [-0.15, -0.1) is 0 Å². The van der Waals surface area contributed by atoms with E-state index in [2.05, 4.69) is 10.1 Å². The molecule has 1 heterocycles. The maximum atomic E-state index is 12.3. The molecule has 0 aromatic heterocycles. The van der Waals surface area contributed by atoms with Crippen molar-refractivity contribution in [1.82, 2.24) is 5.32 Å². The van der Waals surface area contributed by atoms with E-state index in [1.54, 1.807) is 20.8 Å². The number of carbonyl (C=O) groups excluding carboxylic acids is 1. The van der Waals surface area contributed by atoms with Crippen LogP contribution in [0.3, 0.4) is 0 Å². The van der Waals surface area contributed by atoms with Gasteiger partial charge in [0.15, 0.2) is 6.10 Å². The molecule has 1 aliphatic rings. The zero-order chi connectivity index (χ0) is 13.3. The fourth-order valence-corrected chi connectivity index (χ4v) is 1.31. The monoisotopic (exact) mass is 255 g/mol. The fourth-order valence-electron chi connectivity index (χ4n) is 1.31. The van der Waals surface area contributed by atoms with Crippen molar-refractivity contribution in [3.05, 3.63) is 0 Å². The molecule has 0 bridgehead atoms. The number of carbonyl (C=O) groups is 1. The Balaban J connectivity index is 2.45. The van der Waals surface area contributed by atoms with Gasteiger partial charge in [0.05, 0.1) is 6.61 Å². The molecule has 0 aromatic rings. The molecule has 17 heavy (non-hydrogen) atoms. The molecule has 100 valence electrons. The van der Waals surface area contributed by atoms with Crippen molar-refractivity contribution >= 4 is 5.97 Å². The minimum atomic E-state index is -4.41. The average Bonchev–Trinajstić information content (AvgIpc) is 2.14. The Morgan fingerprint density at radius 3 is 2.29 bits per heavy atom.